The number of nitro groups is 1. The third-order valence-electron chi connectivity index (χ3n) is 5.85. The molecule has 3 rings (SSSR count). The number of hydrogen-bond acceptors (Lipinski definition) is 6. The van der Waals surface area contributed by atoms with Crippen molar-refractivity contribution in [3.63, 3.8) is 0 Å². The van der Waals surface area contributed by atoms with Crippen molar-refractivity contribution in [2.75, 3.05) is 5.32 Å². The number of sulfonamides is 1. The number of hydrogen-bond donors (Lipinski definition) is 3. The summed E-state index contributed by atoms with van der Waals surface area (Å²) >= 11 is 5.23. The number of anilines is 1. The van der Waals surface area contributed by atoms with Crippen LogP contribution in [0.5, 0.6) is 0 Å². The second kappa shape index (κ2) is 10.4. The summed E-state index contributed by atoms with van der Waals surface area (Å²) in [4.78, 5) is 10.5. The lowest BCUT2D eigenvalue weighted by atomic mass is 9.96. The first-order valence-corrected chi connectivity index (χ1v) is 12.6. The molecule has 0 amide bonds. The second-order valence-electron chi connectivity index (χ2n) is 8.18. The zero-order valence-electron chi connectivity index (χ0n) is 17.1. The van der Waals surface area contributed by atoms with Gasteiger partial charge in [0.25, 0.3) is 15.7 Å². The molecule has 30 heavy (non-hydrogen) atoms. The Labute approximate surface area is 183 Å². The van der Waals surface area contributed by atoms with Crippen LogP contribution in [-0.2, 0) is 10.0 Å². The van der Waals surface area contributed by atoms with E-state index in [-0.39, 0.29) is 27.8 Å². The summed E-state index contributed by atoms with van der Waals surface area (Å²) in [6, 6.07) is 4.22. The zero-order chi connectivity index (χ0) is 21.6. The predicted molar refractivity (Wildman–Crippen MR) is 121 cm³/mol. The van der Waals surface area contributed by atoms with E-state index < -0.39 is 14.9 Å². The van der Waals surface area contributed by atoms with Crippen LogP contribution in [0.4, 0.5) is 11.4 Å². The standard InChI is InChI=1S/C20H30N4O4S2/c25-24(26)17-12-13-18(21-15-8-4-1-2-5-9-15)19(14-17)30(27,28)23-20(29)22-16-10-6-3-7-11-16/h12-16,21H,1-11H2,(H2,22,23,29). The van der Waals surface area contributed by atoms with Crippen LogP contribution in [0, 0.1) is 10.1 Å². The van der Waals surface area contributed by atoms with Gasteiger partial charge in [0, 0.05) is 24.2 Å². The molecule has 0 radical (unpaired) electrons. The van der Waals surface area contributed by atoms with Gasteiger partial charge in [-0.15, -0.1) is 0 Å². The van der Waals surface area contributed by atoms with Crippen LogP contribution >= 0.6 is 12.2 Å². The first-order valence-electron chi connectivity index (χ1n) is 10.7. The Balaban J connectivity index is 1.79. The number of non-ortho nitro benzene ring substituents is 1. The summed E-state index contributed by atoms with van der Waals surface area (Å²) in [5.74, 6) is 0. The van der Waals surface area contributed by atoms with Crippen LogP contribution in [0.15, 0.2) is 23.1 Å². The van der Waals surface area contributed by atoms with Gasteiger partial charge in [-0.25, -0.2) is 8.42 Å². The summed E-state index contributed by atoms with van der Waals surface area (Å²) in [5.41, 5.74) is 0.105. The average Bonchev–Trinajstić information content (AvgIpc) is 2.97. The Morgan fingerprint density at radius 3 is 2.13 bits per heavy atom. The lowest BCUT2D eigenvalue weighted by molar-refractivity contribution is -0.385. The van der Waals surface area contributed by atoms with E-state index in [1.165, 1.54) is 31.4 Å². The maximum Gasteiger partial charge on any atom is 0.270 e. The molecule has 1 aromatic rings. The highest BCUT2D eigenvalue weighted by Gasteiger charge is 2.26. The SMILES string of the molecule is O=[N+]([O-])c1ccc(NC2CCCCCC2)c(S(=O)(=O)NC(=S)NC2CCCCC2)c1. The van der Waals surface area contributed by atoms with Gasteiger partial charge < -0.3 is 10.6 Å². The summed E-state index contributed by atoms with van der Waals surface area (Å²) < 4.78 is 28.6. The van der Waals surface area contributed by atoms with Crippen molar-refractivity contribution in [3.8, 4) is 0 Å². The van der Waals surface area contributed by atoms with E-state index in [1.807, 2.05) is 0 Å². The molecule has 0 unspecified atom stereocenters. The molecule has 0 spiro atoms. The molecule has 2 saturated carbocycles. The molecular formula is C20H30N4O4S2. The molecule has 2 aliphatic rings. The van der Waals surface area contributed by atoms with E-state index in [2.05, 4.69) is 15.4 Å². The van der Waals surface area contributed by atoms with Gasteiger partial charge in [-0.2, -0.15) is 0 Å². The number of nitro benzene ring substituents is 1. The largest absolute Gasteiger partial charge is 0.381 e. The Kier molecular flexibility index (Phi) is 7.87. The number of benzene rings is 1. The van der Waals surface area contributed by atoms with Crippen molar-refractivity contribution in [3.05, 3.63) is 28.3 Å². The topological polar surface area (TPSA) is 113 Å². The quantitative estimate of drug-likeness (QED) is 0.255. The fourth-order valence-electron chi connectivity index (χ4n) is 4.25. The molecule has 0 atom stereocenters. The number of nitrogens with one attached hydrogen (secondary N) is 3. The van der Waals surface area contributed by atoms with E-state index in [9.17, 15) is 18.5 Å². The monoisotopic (exact) mass is 454 g/mol. The van der Waals surface area contributed by atoms with Gasteiger partial charge in [0.1, 0.15) is 4.90 Å². The molecule has 0 heterocycles. The molecule has 0 aliphatic heterocycles. The molecule has 10 heteroatoms. The van der Waals surface area contributed by atoms with Crippen LogP contribution in [0.1, 0.15) is 70.6 Å². The van der Waals surface area contributed by atoms with E-state index in [0.29, 0.717) is 5.69 Å². The van der Waals surface area contributed by atoms with Gasteiger partial charge in [0.2, 0.25) is 0 Å². The summed E-state index contributed by atoms with van der Waals surface area (Å²) in [6.07, 6.45) is 11.7. The highest BCUT2D eigenvalue weighted by Crippen LogP contribution is 2.29. The van der Waals surface area contributed by atoms with Crippen LogP contribution in [0.3, 0.4) is 0 Å². The Morgan fingerprint density at radius 2 is 1.53 bits per heavy atom. The van der Waals surface area contributed by atoms with Crippen LogP contribution in [-0.4, -0.2) is 30.5 Å². The highest BCUT2D eigenvalue weighted by molar-refractivity contribution is 7.92. The van der Waals surface area contributed by atoms with Crippen molar-refractivity contribution in [2.45, 2.75) is 87.6 Å². The van der Waals surface area contributed by atoms with Gasteiger partial charge in [-0.3, -0.25) is 14.8 Å². The predicted octanol–water partition coefficient (Wildman–Crippen LogP) is 4.22. The number of rotatable bonds is 6. The van der Waals surface area contributed by atoms with E-state index in [4.69, 9.17) is 12.2 Å². The Hall–Kier alpha value is -1.94. The molecule has 2 fully saturated rings. The average molecular weight is 455 g/mol. The molecule has 1 aromatic carbocycles. The summed E-state index contributed by atoms with van der Waals surface area (Å²) in [5, 5.41) is 17.7. The van der Waals surface area contributed by atoms with Crippen LogP contribution < -0.4 is 15.4 Å². The zero-order valence-corrected chi connectivity index (χ0v) is 18.7. The lowest BCUT2D eigenvalue weighted by Gasteiger charge is -2.25. The molecule has 3 N–H and O–H groups in total. The Morgan fingerprint density at radius 1 is 0.967 bits per heavy atom. The second-order valence-corrected chi connectivity index (χ2v) is 10.2. The number of thiocarbonyl (C=S) groups is 1. The van der Waals surface area contributed by atoms with E-state index in [0.717, 1.165) is 57.4 Å². The van der Waals surface area contributed by atoms with Gasteiger partial charge in [0.05, 0.1) is 10.6 Å². The van der Waals surface area contributed by atoms with Crippen molar-refractivity contribution < 1.29 is 13.3 Å². The summed E-state index contributed by atoms with van der Waals surface area (Å²) in [6.45, 7) is 0. The van der Waals surface area contributed by atoms with E-state index in [1.54, 1.807) is 0 Å². The van der Waals surface area contributed by atoms with Gasteiger partial charge >= 0.3 is 0 Å². The van der Waals surface area contributed by atoms with Crippen molar-refractivity contribution in [1.82, 2.24) is 10.0 Å². The minimum Gasteiger partial charge on any atom is -0.381 e. The maximum atomic E-state index is 13.1. The van der Waals surface area contributed by atoms with Crippen molar-refractivity contribution in [2.24, 2.45) is 0 Å². The fourth-order valence-corrected chi connectivity index (χ4v) is 5.85. The fraction of sp³-hybridized carbons (Fsp3) is 0.650. The Bertz CT molecular complexity index is 862. The molecule has 2 aliphatic carbocycles. The van der Waals surface area contributed by atoms with Gasteiger partial charge in [0.15, 0.2) is 5.11 Å². The highest BCUT2D eigenvalue weighted by atomic mass is 32.2. The molecule has 8 nitrogen and oxygen atoms in total. The molecule has 166 valence electrons. The van der Waals surface area contributed by atoms with Crippen LogP contribution in [0.25, 0.3) is 0 Å². The number of nitrogens with zero attached hydrogens (tertiary/aromatic N) is 1. The van der Waals surface area contributed by atoms with Crippen LogP contribution in [0.2, 0.25) is 0 Å². The summed E-state index contributed by atoms with van der Waals surface area (Å²) in [7, 11) is -4.08. The van der Waals surface area contributed by atoms with Gasteiger partial charge in [-0.05, 0) is 44.0 Å². The maximum absolute atomic E-state index is 13.1. The minimum atomic E-state index is -4.08. The van der Waals surface area contributed by atoms with Gasteiger partial charge in [-0.1, -0.05) is 44.9 Å². The molecule has 0 aromatic heterocycles. The van der Waals surface area contributed by atoms with Crippen molar-refractivity contribution in [1.29, 1.82) is 0 Å². The first kappa shape index (κ1) is 22.7. The molecule has 0 bridgehead atoms. The normalized spacial score (nSPS) is 18.9. The van der Waals surface area contributed by atoms with Crippen molar-refractivity contribution >= 4 is 38.7 Å². The third kappa shape index (κ3) is 6.28. The first-order chi connectivity index (χ1) is 14.3. The van der Waals surface area contributed by atoms with E-state index >= 15 is 0 Å². The molecular weight excluding hydrogens is 424 g/mol. The molecule has 0 saturated heterocycles. The lowest BCUT2D eigenvalue weighted by Crippen LogP contribution is -2.45. The minimum absolute atomic E-state index is 0.0359. The smallest absolute Gasteiger partial charge is 0.270 e. The third-order valence-corrected chi connectivity index (χ3v) is 7.59.